The molecule has 126 valence electrons. The van der Waals surface area contributed by atoms with E-state index in [1.54, 1.807) is 12.1 Å². The Morgan fingerprint density at radius 2 is 2.13 bits per heavy atom. The number of esters is 1. The first-order valence-corrected chi connectivity index (χ1v) is 7.84. The fraction of sp³-hybridized carbons (Fsp3) is 0.533. The van der Waals surface area contributed by atoms with Crippen LogP contribution < -0.4 is 10.6 Å². The number of halogens is 1. The van der Waals surface area contributed by atoms with Crippen LogP contribution in [-0.4, -0.2) is 43.2 Å². The van der Waals surface area contributed by atoms with Crippen molar-refractivity contribution in [3.8, 4) is 0 Å². The number of hydrogen-bond acceptors (Lipinski definition) is 6. The average Bonchev–Trinajstić information content (AvgIpc) is 2.54. The van der Waals surface area contributed by atoms with Gasteiger partial charge in [0, 0.05) is 26.7 Å². The van der Waals surface area contributed by atoms with Gasteiger partial charge in [-0.2, -0.15) is 0 Å². The Morgan fingerprint density at radius 1 is 1.39 bits per heavy atom. The molecular weight excluding hydrogens is 322 g/mol. The Bertz CT molecular complexity index is 562. The zero-order valence-corrected chi connectivity index (χ0v) is 13.7. The van der Waals surface area contributed by atoms with Crippen LogP contribution in [0.1, 0.15) is 19.8 Å². The summed E-state index contributed by atoms with van der Waals surface area (Å²) in [4.78, 5) is 26.7. The zero-order valence-electron chi connectivity index (χ0n) is 12.9. The van der Waals surface area contributed by atoms with Crippen molar-refractivity contribution in [1.29, 1.82) is 0 Å². The molecule has 1 saturated heterocycles. The molecule has 0 unspecified atom stereocenters. The van der Waals surface area contributed by atoms with Gasteiger partial charge >= 0.3 is 5.97 Å². The molecule has 1 aliphatic heterocycles. The number of amides is 1. The molecule has 1 fully saturated rings. The second kappa shape index (κ2) is 8.69. The van der Waals surface area contributed by atoms with E-state index in [4.69, 9.17) is 16.3 Å². The van der Waals surface area contributed by atoms with Crippen molar-refractivity contribution in [3.63, 3.8) is 0 Å². The van der Waals surface area contributed by atoms with Gasteiger partial charge in [0.25, 0.3) is 5.91 Å². The maximum atomic E-state index is 11.8. The number of pyridine rings is 1. The lowest BCUT2D eigenvalue weighted by Gasteiger charge is -2.23. The predicted octanol–water partition coefficient (Wildman–Crippen LogP) is 2.08. The first-order chi connectivity index (χ1) is 11.0. The van der Waals surface area contributed by atoms with Gasteiger partial charge in [-0.25, -0.2) is 4.98 Å². The number of ether oxygens (including phenoxy) is 2. The van der Waals surface area contributed by atoms with Gasteiger partial charge in [0.1, 0.15) is 5.15 Å². The molecule has 0 spiro atoms. The van der Waals surface area contributed by atoms with Gasteiger partial charge in [0.2, 0.25) is 0 Å². The number of hydrogen-bond donors (Lipinski definition) is 2. The summed E-state index contributed by atoms with van der Waals surface area (Å²) in [5, 5.41) is 6.21. The van der Waals surface area contributed by atoms with E-state index in [1.165, 1.54) is 6.92 Å². The molecule has 1 amide bonds. The van der Waals surface area contributed by atoms with Crippen LogP contribution in [0.5, 0.6) is 0 Å². The molecule has 1 aromatic heterocycles. The van der Waals surface area contributed by atoms with Crippen molar-refractivity contribution in [2.45, 2.75) is 19.8 Å². The first-order valence-electron chi connectivity index (χ1n) is 7.46. The Kier molecular flexibility index (Phi) is 6.61. The third-order valence-electron chi connectivity index (χ3n) is 3.44. The molecular formula is C15H20ClN3O4. The third kappa shape index (κ3) is 6.03. The lowest BCUT2D eigenvalue weighted by Crippen LogP contribution is -2.24. The van der Waals surface area contributed by atoms with E-state index in [0.29, 0.717) is 22.6 Å². The molecule has 1 aromatic rings. The lowest BCUT2D eigenvalue weighted by atomic mass is 10.0. The first kappa shape index (κ1) is 17.5. The van der Waals surface area contributed by atoms with Crippen LogP contribution in [0.25, 0.3) is 0 Å². The maximum Gasteiger partial charge on any atom is 0.303 e. The van der Waals surface area contributed by atoms with Crippen molar-refractivity contribution in [2.24, 2.45) is 5.92 Å². The van der Waals surface area contributed by atoms with Gasteiger partial charge < -0.3 is 20.1 Å². The minimum atomic E-state index is -0.507. The van der Waals surface area contributed by atoms with Crippen molar-refractivity contribution < 1.29 is 19.1 Å². The molecule has 2 rings (SSSR count). The van der Waals surface area contributed by atoms with Crippen LogP contribution >= 0.6 is 11.6 Å². The fourth-order valence-corrected chi connectivity index (χ4v) is 2.36. The zero-order chi connectivity index (χ0) is 16.7. The Morgan fingerprint density at radius 3 is 2.83 bits per heavy atom. The topological polar surface area (TPSA) is 89.6 Å². The number of rotatable bonds is 6. The molecule has 0 radical (unpaired) electrons. The number of nitrogens with one attached hydrogen (secondary N) is 2. The molecule has 1 aliphatic rings. The highest BCUT2D eigenvalue weighted by atomic mass is 35.5. The molecule has 2 N–H and O–H groups in total. The van der Waals surface area contributed by atoms with Crippen molar-refractivity contribution >= 4 is 35.0 Å². The van der Waals surface area contributed by atoms with Crippen LogP contribution in [0.4, 0.5) is 11.5 Å². The van der Waals surface area contributed by atoms with Crippen molar-refractivity contribution in [1.82, 2.24) is 4.98 Å². The summed E-state index contributed by atoms with van der Waals surface area (Å²) < 4.78 is 9.99. The summed E-state index contributed by atoms with van der Waals surface area (Å²) in [6.07, 6.45) is 1.98. The minimum absolute atomic E-state index is 0.331. The average molecular weight is 342 g/mol. The highest BCUT2D eigenvalue weighted by Gasteiger charge is 2.15. The summed E-state index contributed by atoms with van der Waals surface area (Å²) in [5.74, 6) is 0.0555. The number of nitrogens with zero attached hydrogens (tertiary/aromatic N) is 1. The number of carbonyl (C=O) groups excluding carboxylic acids is 2. The number of carbonyl (C=O) groups is 2. The van der Waals surface area contributed by atoms with Gasteiger partial charge in [-0.1, -0.05) is 11.6 Å². The van der Waals surface area contributed by atoms with Crippen molar-refractivity contribution in [3.05, 3.63) is 17.3 Å². The van der Waals surface area contributed by atoms with Gasteiger partial charge in [0.15, 0.2) is 12.4 Å². The Balaban J connectivity index is 1.95. The molecule has 0 aliphatic carbocycles. The van der Waals surface area contributed by atoms with Crippen LogP contribution in [-0.2, 0) is 19.1 Å². The van der Waals surface area contributed by atoms with Crippen molar-refractivity contribution in [2.75, 3.05) is 37.0 Å². The molecule has 0 bridgehead atoms. The second-order valence-corrected chi connectivity index (χ2v) is 5.68. The smallest absolute Gasteiger partial charge is 0.303 e. The Labute approximate surface area is 139 Å². The number of aromatic nitrogens is 1. The van der Waals surface area contributed by atoms with Crippen LogP contribution in [0.15, 0.2) is 12.1 Å². The maximum absolute atomic E-state index is 11.8. The van der Waals surface area contributed by atoms with E-state index in [2.05, 4.69) is 20.4 Å². The normalized spacial score (nSPS) is 15.0. The Hall–Kier alpha value is -1.86. The monoisotopic (exact) mass is 341 g/mol. The highest BCUT2D eigenvalue weighted by Crippen LogP contribution is 2.23. The van der Waals surface area contributed by atoms with E-state index in [1.807, 2.05) is 0 Å². The molecule has 8 heteroatoms. The fourth-order valence-electron chi connectivity index (χ4n) is 2.22. The molecule has 7 nitrogen and oxygen atoms in total. The summed E-state index contributed by atoms with van der Waals surface area (Å²) >= 11 is 5.92. The van der Waals surface area contributed by atoms with Crippen LogP contribution in [0.2, 0.25) is 5.15 Å². The van der Waals surface area contributed by atoms with Gasteiger partial charge in [-0.05, 0) is 30.9 Å². The molecule has 2 heterocycles. The summed E-state index contributed by atoms with van der Waals surface area (Å²) in [5.41, 5.74) is 0.499. The standard InChI is InChI=1S/C15H20ClN3O4/c1-10(20)23-9-14(21)18-12-2-3-13(16)19-15(12)17-8-11-4-6-22-7-5-11/h2-3,11H,4-9H2,1H3,(H,17,19)(H,18,21). The minimum Gasteiger partial charge on any atom is -0.456 e. The SMILES string of the molecule is CC(=O)OCC(=O)Nc1ccc(Cl)nc1NCC1CCOCC1. The summed E-state index contributed by atoms with van der Waals surface area (Å²) in [6, 6.07) is 3.25. The molecule has 0 atom stereocenters. The molecule has 0 aromatic carbocycles. The summed E-state index contributed by atoms with van der Waals surface area (Å²) in [6.45, 7) is 3.17. The highest BCUT2D eigenvalue weighted by molar-refractivity contribution is 6.29. The van der Waals surface area contributed by atoms with E-state index in [0.717, 1.165) is 32.6 Å². The largest absolute Gasteiger partial charge is 0.456 e. The van der Waals surface area contributed by atoms with E-state index in [9.17, 15) is 9.59 Å². The van der Waals surface area contributed by atoms with Gasteiger partial charge in [-0.3, -0.25) is 9.59 Å². The molecule has 0 saturated carbocycles. The van der Waals surface area contributed by atoms with Crippen LogP contribution in [0.3, 0.4) is 0 Å². The lowest BCUT2D eigenvalue weighted by molar-refractivity contribution is -0.144. The quantitative estimate of drug-likeness (QED) is 0.608. The van der Waals surface area contributed by atoms with E-state index < -0.39 is 11.9 Å². The second-order valence-electron chi connectivity index (χ2n) is 5.30. The molecule has 23 heavy (non-hydrogen) atoms. The van der Waals surface area contributed by atoms with Gasteiger partial charge in [-0.15, -0.1) is 0 Å². The number of anilines is 2. The van der Waals surface area contributed by atoms with Crippen LogP contribution in [0, 0.1) is 5.92 Å². The third-order valence-corrected chi connectivity index (χ3v) is 3.65. The van der Waals surface area contributed by atoms with E-state index >= 15 is 0 Å². The van der Waals surface area contributed by atoms with E-state index in [-0.39, 0.29) is 6.61 Å². The van der Waals surface area contributed by atoms with Gasteiger partial charge in [0.05, 0.1) is 5.69 Å². The summed E-state index contributed by atoms with van der Waals surface area (Å²) in [7, 11) is 0. The predicted molar refractivity (Wildman–Crippen MR) is 86.5 cm³/mol.